The molecule has 1 fully saturated rings. The van der Waals surface area contributed by atoms with Gasteiger partial charge in [-0.3, -0.25) is 19.1 Å². The summed E-state index contributed by atoms with van der Waals surface area (Å²) in [6.45, 7) is 3.65. The van der Waals surface area contributed by atoms with Crippen LogP contribution in [0.5, 0.6) is 0 Å². The number of carbonyl (C=O) groups excluding carboxylic acids is 1. The number of para-hydroxylation sites is 2. The number of hydrogen-bond donors (Lipinski definition) is 0. The van der Waals surface area contributed by atoms with Gasteiger partial charge in [-0.15, -0.1) is 0 Å². The number of imidazole rings is 1. The van der Waals surface area contributed by atoms with E-state index < -0.39 is 0 Å². The number of fused-ring (bicyclic) bond motifs is 2. The Kier molecular flexibility index (Phi) is 4.76. The molecule has 0 spiro atoms. The Hall–Kier alpha value is -3.52. The summed E-state index contributed by atoms with van der Waals surface area (Å²) in [4.78, 5) is 38.1. The molecule has 5 rings (SSSR count). The van der Waals surface area contributed by atoms with Crippen LogP contribution < -0.4 is 5.56 Å². The zero-order valence-electron chi connectivity index (χ0n) is 16.5. The van der Waals surface area contributed by atoms with Gasteiger partial charge in [0.1, 0.15) is 12.2 Å². The van der Waals surface area contributed by atoms with Gasteiger partial charge in [-0.2, -0.15) is 0 Å². The Labute approximate surface area is 173 Å². The van der Waals surface area contributed by atoms with Gasteiger partial charge in [0.15, 0.2) is 0 Å². The lowest BCUT2D eigenvalue weighted by molar-refractivity contribution is -0.133. The molecule has 1 aromatic carbocycles. The Morgan fingerprint density at radius 1 is 1.00 bits per heavy atom. The van der Waals surface area contributed by atoms with E-state index in [4.69, 9.17) is 0 Å². The molecule has 1 saturated heterocycles. The van der Waals surface area contributed by atoms with Crippen molar-refractivity contribution in [2.75, 3.05) is 26.2 Å². The van der Waals surface area contributed by atoms with Crippen molar-refractivity contribution in [2.24, 2.45) is 0 Å². The van der Waals surface area contributed by atoms with E-state index in [-0.39, 0.29) is 18.0 Å². The van der Waals surface area contributed by atoms with Crippen LogP contribution in [0.25, 0.3) is 16.7 Å². The van der Waals surface area contributed by atoms with Crippen LogP contribution in [-0.4, -0.2) is 60.8 Å². The van der Waals surface area contributed by atoms with Crippen LogP contribution >= 0.6 is 0 Å². The van der Waals surface area contributed by atoms with Crippen molar-refractivity contribution in [3.05, 3.63) is 77.1 Å². The number of pyridine rings is 1. The maximum atomic E-state index is 12.9. The molecule has 8 nitrogen and oxygen atoms in total. The van der Waals surface area contributed by atoms with Crippen LogP contribution in [0, 0.1) is 0 Å². The highest BCUT2D eigenvalue weighted by Crippen LogP contribution is 2.12. The Morgan fingerprint density at radius 2 is 1.80 bits per heavy atom. The Balaban J connectivity index is 1.23. The summed E-state index contributed by atoms with van der Waals surface area (Å²) in [5, 5.41) is 0. The van der Waals surface area contributed by atoms with Gasteiger partial charge in [0, 0.05) is 45.1 Å². The Bertz CT molecular complexity index is 1240. The van der Waals surface area contributed by atoms with Gasteiger partial charge in [-0.25, -0.2) is 9.97 Å². The second-order valence-electron chi connectivity index (χ2n) is 7.53. The molecule has 30 heavy (non-hydrogen) atoms. The highest BCUT2D eigenvalue weighted by molar-refractivity contribution is 5.80. The first kappa shape index (κ1) is 18.5. The number of piperazine rings is 1. The van der Waals surface area contributed by atoms with Gasteiger partial charge in [0.05, 0.1) is 22.9 Å². The molecular formula is C22H22N6O2. The summed E-state index contributed by atoms with van der Waals surface area (Å²) in [6, 6.07) is 13.3. The van der Waals surface area contributed by atoms with Gasteiger partial charge in [0.2, 0.25) is 5.91 Å². The molecule has 0 saturated carbocycles. The van der Waals surface area contributed by atoms with Gasteiger partial charge in [-0.1, -0.05) is 18.2 Å². The number of nitrogens with zero attached hydrogens (tertiary/aromatic N) is 6. The number of hydrogen-bond acceptors (Lipinski definition) is 5. The summed E-state index contributed by atoms with van der Waals surface area (Å²) < 4.78 is 3.53. The highest BCUT2D eigenvalue weighted by atomic mass is 16.2. The number of carbonyl (C=O) groups is 1. The minimum atomic E-state index is -0.257. The number of rotatable bonds is 4. The fourth-order valence-electron chi connectivity index (χ4n) is 3.96. The summed E-state index contributed by atoms with van der Waals surface area (Å²) in [5.41, 5.74) is 3.10. The third-order valence-electron chi connectivity index (χ3n) is 5.57. The highest BCUT2D eigenvalue weighted by Gasteiger charge is 2.22. The predicted octanol–water partition coefficient (Wildman–Crippen LogP) is 1.39. The summed E-state index contributed by atoms with van der Waals surface area (Å²) in [5.74, 6) is -0.0409. The molecule has 1 aliphatic rings. The molecule has 0 radical (unpaired) electrons. The SMILES string of the molecule is O=C(Cn1c(=O)cnc2ccccc21)N1CCN(Cc2cn3ccccc3n2)CC1. The minimum absolute atomic E-state index is 0.0360. The van der Waals surface area contributed by atoms with Crippen molar-refractivity contribution < 1.29 is 4.79 Å². The zero-order valence-corrected chi connectivity index (χ0v) is 16.5. The molecule has 152 valence electrons. The van der Waals surface area contributed by atoms with E-state index in [0.717, 1.165) is 31.0 Å². The lowest BCUT2D eigenvalue weighted by Crippen LogP contribution is -2.49. The molecular weight excluding hydrogens is 380 g/mol. The van der Waals surface area contributed by atoms with Crippen molar-refractivity contribution in [3.8, 4) is 0 Å². The van der Waals surface area contributed by atoms with Crippen molar-refractivity contribution in [1.82, 2.24) is 28.7 Å². The fourth-order valence-corrected chi connectivity index (χ4v) is 3.96. The molecule has 1 amide bonds. The predicted molar refractivity (Wildman–Crippen MR) is 113 cm³/mol. The van der Waals surface area contributed by atoms with E-state index in [0.29, 0.717) is 24.1 Å². The first-order valence-electron chi connectivity index (χ1n) is 10.0. The van der Waals surface area contributed by atoms with Crippen molar-refractivity contribution in [1.29, 1.82) is 0 Å². The molecule has 3 aromatic heterocycles. The van der Waals surface area contributed by atoms with Crippen LogP contribution in [0.2, 0.25) is 0 Å². The van der Waals surface area contributed by atoms with Crippen LogP contribution in [0.3, 0.4) is 0 Å². The number of aromatic nitrogens is 4. The first-order chi connectivity index (χ1) is 14.7. The normalized spacial score (nSPS) is 15.1. The van der Waals surface area contributed by atoms with Gasteiger partial charge < -0.3 is 9.30 Å². The van der Waals surface area contributed by atoms with E-state index >= 15 is 0 Å². The van der Waals surface area contributed by atoms with E-state index in [2.05, 4.69) is 14.9 Å². The average Bonchev–Trinajstić information content (AvgIpc) is 3.18. The van der Waals surface area contributed by atoms with Crippen molar-refractivity contribution >= 4 is 22.6 Å². The van der Waals surface area contributed by atoms with Gasteiger partial charge >= 0.3 is 0 Å². The molecule has 0 atom stereocenters. The standard InChI is InChI=1S/C22H22N6O2/c29-21-13-23-18-5-1-2-6-19(18)28(21)16-22(30)26-11-9-25(10-12-26)14-17-15-27-8-4-3-7-20(27)24-17/h1-8,13,15H,9-12,14,16H2. The van der Waals surface area contributed by atoms with Crippen molar-refractivity contribution in [3.63, 3.8) is 0 Å². The average molecular weight is 402 g/mol. The molecule has 0 N–H and O–H groups in total. The third kappa shape index (κ3) is 3.57. The molecule has 0 aliphatic carbocycles. The zero-order chi connectivity index (χ0) is 20.5. The van der Waals surface area contributed by atoms with Gasteiger partial charge in [0.25, 0.3) is 5.56 Å². The van der Waals surface area contributed by atoms with E-state index in [1.807, 2.05) is 64.2 Å². The fraction of sp³-hybridized carbons (Fsp3) is 0.273. The summed E-state index contributed by atoms with van der Waals surface area (Å²) in [7, 11) is 0. The van der Waals surface area contributed by atoms with Crippen LogP contribution in [0.4, 0.5) is 0 Å². The largest absolute Gasteiger partial charge is 0.339 e. The lowest BCUT2D eigenvalue weighted by atomic mass is 10.2. The smallest absolute Gasteiger partial charge is 0.269 e. The molecule has 0 unspecified atom stereocenters. The van der Waals surface area contributed by atoms with Crippen LogP contribution in [0.15, 0.2) is 65.8 Å². The second kappa shape index (κ2) is 7.72. The number of benzene rings is 1. The summed E-state index contributed by atoms with van der Waals surface area (Å²) >= 11 is 0. The maximum Gasteiger partial charge on any atom is 0.269 e. The van der Waals surface area contributed by atoms with Crippen molar-refractivity contribution in [2.45, 2.75) is 13.1 Å². The van der Waals surface area contributed by atoms with Crippen LogP contribution in [0.1, 0.15) is 5.69 Å². The third-order valence-corrected chi connectivity index (χ3v) is 5.57. The van der Waals surface area contributed by atoms with E-state index in [1.165, 1.54) is 10.8 Å². The minimum Gasteiger partial charge on any atom is -0.339 e. The maximum absolute atomic E-state index is 12.9. The second-order valence-corrected chi connectivity index (χ2v) is 7.53. The lowest BCUT2D eigenvalue weighted by Gasteiger charge is -2.34. The molecule has 1 aliphatic heterocycles. The number of amides is 1. The van der Waals surface area contributed by atoms with Gasteiger partial charge in [-0.05, 0) is 24.3 Å². The monoisotopic (exact) mass is 402 g/mol. The molecule has 4 aromatic rings. The first-order valence-corrected chi connectivity index (χ1v) is 10.0. The topological polar surface area (TPSA) is 75.7 Å². The Morgan fingerprint density at radius 3 is 2.63 bits per heavy atom. The van der Waals surface area contributed by atoms with E-state index in [9.17, 15) is 9.59 Å². The van der Waals surface area contributed by atoms with E-state index in [1.54, 1.807) is 0 Å². The quantitative estimate of drug-likeness (QED) is 0.516. The molecule has 8 heteroatoms. The van der Waals surface area contributed by atoms with Crippen LogP contribution in [-0.2, 0) is 17.9 Å². The molecule has 0 bridgehead atoms. The molecule has 4 heterocycles. The summed E-state index contributed by atoms with van der Waals surface area (Å²) in [6.07, 6.45) is 5.32.